The van der Waals surface area contributed by atoms with E-state index in [1.165, 1.54) is 49.9 Å². The Labute approximate surface area is 196 Å². The van der Waals surface area contributed by atoms with Crippen LogP contribution < -0.4 is 0 Å². The van der Waals surface area contributed by atoms with Crippen molar-refractivity contribution >= 4 is 10.9 Å². The minimum Gasteiger partial charge on any atom is -0.296 e. The van der Waals surface area contributed by atoms with E-state index in [1.807, 2.05) is 6.07 Å². The Kier molecular flexibility index (Phi) is 4.85. The summed E-state index contributed by atoms with van der Waals surface area (Å²) in [5.41, 5.74) is 13.2. The number of hydrogen-bond acceptors (Lipinski definition) is 1. The summed E-state index contributed by atoms with van der Waals surface area (Å²) in [5.74, 6) is 0. The van der Waals surface area contributed by atoms with Gasteiger partial charge in [0.1, 0.15) is 0 Å². The molecule has 0 saturated heterocycles. The Bertz CT molecular complexity index is 1450. The maximum atomic E-state index is 5.03. The minimum absolute atomic E-state index is 0. The van der Waals surface area contributed by atoms with Crippen molar-refractivity contribution in [1.29, 1.82) is 0 Å². The van der Waals surface area contributed by atoms with Crippen LogP contribution in [-0.2, 0) is 20.1 Å². The van der Waals surface area contributed by atoms with Crippen LogP contribution in [0, 0.1) is 19.9 Å². The van der Waals surface area contributed by atoms with Crippen LogP contribution in [0.25, 0.3) is 55.5 Å². The number of nitrogens with zero attached hydrogens (tertiary/aromatic N) is 1. The van der Waals surface area contributed by atoms with Crippen molar-refractivity contribution < 1.29 is 20.1 Å². The average molecular weight is 575 g/mol. The molecule has 0 saturated carbocycles. The van der Waals surface area contributed by atoms with E-state index >= 15 is 0 Å². The van der Waals surface area contributed by atoms with Gasteiger partial charge in [-0.2, -0.15) is 0 Å². The van der Waals surface area contributed by atoms with E-state index in [0.29, 0.717) is 0 Å². The summed E-state index contributed by atoms with van der Waals surface area (Å²) < 4.78 is 0. The third-order valence-electron chi connectivity index (χ3n) is 5.97. The Morgan fingerprint density at radius 2 is 1.35 bits per heavy atom. The Balaban J connectivity index is 0.00000204. The van der Waals surface area contributed by atoms with E-state index in [-0.39, 0.29) is 20.1 Å². The Morgan fingerprint density at radius 1 is 0.645 bits per heavy atom. The van der Waals surface area contributed by atoms with Crippen molar-refractivity contribution in [2.75, 3.05) is 0 Å². The second-order valence-corrected chi connectivity index (χ2v) is 8.17. The first-order chi connectivity index (χ1) is 14.7. The monoisotopic (exact) mass is 575 g/mol. The third kappa shape index (κ3) is 3.24. The van der Waals surface area contributed by atoms with Crippen molar-refractivity contribution in [1.82, 2.24) is 4.98 Å². The largest absolute Gasteiger partial charge is 0.296 e. The van der Waals surface area contributed by atoms with Gasteiger partial charge in [0.2, 0.25) is 0 Å². The molecule has 1 radical (unpaired) electrons. The van der Waals surface area contributed by atoms with Crippen LogP contribution in [0.1, 0.15) is 11.1 Å². The average Bonchev–Trinajstić information content (AvgIpc) is 3.09. The van der Waals surface area contributed by atoms with Gasteiger partial charge in [0.25, 0.3) is 0 Å². The van der Waals surface area contributed by atoms with E-state index in [0.717, 1.165) is 16.8 Å². The molecule has 0 unspecified atom stereocenters. The number of hydrogen-bond donors (Lipinski definition) is 0. The molecular formula is C29H20IrN-. The molecule has 151 valence electrons. The summed E-state index contributed by atoms with van der Waals surface area (Å²) in [6.45, 7) is 4.29. The maximum absolute atomic E-state index is 5.03. The van der Waals surface area contributed by atoms with E-state index in [4.69, 9.17) is 4.98 Å². The van der Waals surface area contributed by atoms with Gasteiger partial charge in [0.05, 0.1) is 5.52 Å². The van der Waals surface area contributed by atoms with Crippen molar-refractivity contribution in [3.05, 3.63) is 102 Å². The molecule has 0 amide bonds. The molecule has 1 heterocycles. The van der Waals surface area contributed by atoms with Crippen LogP contribution in [0.15, 0.2) is 84.9 Å². The van der Waals surface area contributed by atoms with Crippen LogP contribution in [0.4, 0.5) is 0 Å². The number of aromatic nitrogens is 1. The topological polar surface area (TPSA) is 12.9 Å². The zero-order chi connectivity index (χ0) is 20.2. The Hall–Kier alpha value is -3.06. The Morgan fingerprint density at radius 3 is 2.13 bits per heavy atom. The second kappa shape index (κ2) is 7.57. The predicted molar refractivity (Wildman–Crippen MR) is 125 cm³/mol. The molecule has 1 aliphatic rings. The molecule has 0 fully saturated rings. The molecule has 31 heavy (non-hydrogen) atoms. The molecule has 6 rings (SSSR count). The van der Waals surface area contributed by atoms with Gasteiger partial charge in [-0.3, -0.25) is 4.98 Å². The minimum atomic E-state index is 0. The number of fused-ring (bicyclic) bond motifs is 3. The summed E-state index contributed by atoms with van der Waals surface area (Å²) in [6, 6.07) is 33.8. The van der Waals surface area contributed by atoms with Gasteiger partial charge in [-0.15, -0.1) is 35.4 Å². The maximum Gasteiger partial charge on any atom is 0.0607 e. The summed E-state index contributed by atoms with van der Waals surface area (Å²) in [6.07, 6.45) is 0. The molecule has 0 aliphatic heterocycles. The molecular weight excluding hydrogens is 555 g/mol. The fourth-order valence-electron chi connectivity index (χ4n) is 4.75. The van der Waals surface area contributed by atoms with Crippen LogP contribution in [0.2, 0.25) is 0 Å². The molecule has 0 bridgehead atoms. The van der Waals surface area contributed by atoms with E-state index < -0.39 is 0 Å². The van der Waals surface area contributed by atoms with Gasteiger partial charge >= 0.3 is 0 Å². The first kappa shape index (κ1) is 19.9. The van der Waals surface area contributed by atoms with E-state index in [9.17, 15) is 0 Å². The smallest absolute Gasteiger partial charge is 0.0607 e. The van der Waals surface area contributed by atoms with Gasteiger partial charge in [0.15, 0.2) is 0 Å². The van der Waals surface area contributed by atoms with Crippen molar-refractivity contribution in [3.63, 3.8) is 0 Å². The normalized spacial score (nSPS) is 11.3. The van der Waals surface area contributed by atoms with Crippen molar-refractivity contribution in [2.45, 2.75) is 13.8 Å². The quantitative estimate of drug-likeness (QED) is 0.194. The van der Waals surface area contributed by atoms with Gasteiger partial charge in [0, 0.05) is 25.5 Å². The number of aryl methyl sites for hydroxylation is 2. The van der Waals surface area contributed by atoms with Crippen LogP contribution >= 0.6 is 0 Å². The summed E-state index contributed by atoms with van der Waals surface area (Å²) in [5, 5.41) is 1.26. The zero-order valence-corrected chi connectivity index (χ0v) is 19.8. The van der Waals surface area contributed by atoms with Gasteiger partial charge in [-0.1, -0.05) is 71.8 Å². The first-order valence-corrected chi connectivity index (χ1v) is 10.3. The summed E-state index contributed by atoms with van der Waals surface area (Å²) in [7, 11) is 0. The molecule has 4 aromatic carbocycles. The van der Waals surface area contributed by atoms with Crippen LogP contribution in [0.5, 0.6) is 0 Å². The summed E-state index contributed by atoms with van der Waals surface area (Å²) in [4.78, 5) is 5.03. The SMILES string of the molecule is Cc1cc(C)cc(-c2cc[c-]c(-c3cc4c5c(cccc5n3)-c3ccccc3-4)c2)c1.[Ir]. The molecule has 1 aromatic heterocycles. The number of benzene rings is 4. The molecule has 2 heteroatoms. The van der Waals surface area contributed by atoms with Gasteiger partial charge in [-0.05, 0) is 53.4 Å². The second-order valence-electron chi connectivity index (χ2n) is 8.17. The predicted octanol–water partition coefficient (Wildman–Crippen LogP) is 7.63. The van der Waals surface area contributed by atoms with E-state index in [2.05, 4.69) is 98.8 Å². The van der Waals surface area contributed by atoms with Crippen LogP contribution in [0.3, 0.4) is 0 Å². The number of rotatable bonds is 2. The molecule has 0 spiro atoms. The molecule has 1 aliphatic carbocycles. The molecule has 0 atom stereocenters. The van der Waals surface area contributed by atoms with E-state index in [1.54, 1.807) is 0 Å². The first-order valence-electron chi connectivity index (χ1n) is 10.3. The fourth-order valence-corrected chi connectivity index (χ4v) is 4.75. The molecule has 5 aromatic rings. The summed E-state index contributed by atoms with van der Waals surface area (Å²) >= 11 is 0. The number of pyridine rings is 1. The fraction of sp³-hybridized carbons (Fsp3) is 0.0690. The van der Waals surface area contributed by atoms with Gasteiger partial charge in [-0.25, -0.2) is 0 Å². The zero-order valence-electron chi connectivity index (χ0n) is 17.4. The van der Waals surface area contributed by atoms with Crippen molar-refractivity contribution in [2.24, 2.45) is 0 Å². The van der Waals surface area contributed by atoms with Crippen molar-refractivity contribution in [3.8, 4) is 44.6 Å². The standard InChI is InChI=1S/C29H20N.Ir/c1-18-13-19(2)15-22(14-18)20-7-5-8-21(16-20)28-17-26-24-10-4-3-9-23(24)25-11-6-12-27(30-28)29(25)26;/h3-7,9-17H,1-2H3;/q-1;. The third-order valence-corrected chi connectivity index (χ3v) is 5.97. The molecule has 1 nitrogen and oxygen atoms in total. The molecule has 0 N–H and O–H groups in total. The van der Waals surface area contributed by atoms with Crippen LogP contribution in [-0.4, -0.2) is 4.98 Å². The van der Waals surface area contributed by atoms with Gasteiger partial charge < -0.3 is 0 Å².